The van der Waals surface area contributed by atoms with Crippen molar-refractivity contribution >= 4 is 17.0 Å². The van der Waals surface area contributed by atoms with Crippen LogP contribution in [0.4, 0.5) is 5.82 Å². The Morgan fingerprint density at radius 2 is 2.00 bits per heavy atom. The van der Waals surface area contributed by atoms with Crippen LogP contribution < -0.4 is 5.32 Å². The molecule has 0 amide bonds. The summed E-state index contributed by atoms with van der Waals surface area (Å²) in [6.07, 6.45) is 7.03. The van der Waals surface area contributed by atoms with E-state index in [1.165, 1.54) is 19.3 Å². The van der Waals surface area contributed by atoms with Gasteiger partial charge in [0.15, 0.2) is 11.5 Å². The third-order valence-corrected chi connectivity index (χ3v) is 4.36. The van der Waals surface area contributed by atoms with E-state index in [1.54, 1.807) is 12.7 Å². The lowest BCUT2D eigenvalue weighted by atomic mass is 9.76. The van der Waals surface area contributed by atoms with Gasteiger partial charge in [-0.1, -0.05) is 6.42 Å². The van der Waals surface area contributed by atoms with Gasteiger partial charge in [0.2, 0.25) is 0 Å². The van der Waals surface area contributed by atoms with Crippen LogP contribution in [0.2, 0.25) is 0 Å². The first-order valence-electron chi connectivity index (χ1n) is 6.90. The molecule has 100 valence electrons. The highest BCUT2D eigenvalue weighted by molar-refractivity contribution is 5.82. The Morgan fingerprint density at radius 1 is 1.16 bits per heavy atom. The van der Waals surface area contributed by atoms with E-state index in [-0.39, 0.29) is 0 Å². The average molecular weight is 259 g/mol. The number of H-pyrrole nitrogens is 1. The van der Waals surface area contributed by atoms with E-state index in [1.807, 2.05) is 0 Å². The SMILES string of the molecule is c1nc(NC2C3CCCC2COC3)c2[nH]cnc2n1. The molecule has 2 aromatic rings. The fourth-order valence-corrected chi connectivity index (χ4v) is 3.40. The van der Waals surface area contributed by atoms with Crippen LogP contribution in [0, 0.1) is 11.8 Å². The van der Waals surface area contributed by atoms with Gasteiger partial charge in [-0.15, -0.1) is 0 Å². The van der Waals surface area contributed by atoms with Gasteiger partial charge >= 0.3 is 0 Å². The van der Waals surface area contributed by atoms with Crippen molar-refractivity contribution in [3.05, 3.63) is 12.7 Å². The highest BCUT2D eigenvalue weighted by atomic mass is 16.5. The predicted molar refractivity (Wildman–Crippen MR) is 70.7 cm³/mol. The number of aromatic nitrogens is 4. The van der Waals surface area contributed by atoms with Crippen molar-refractivity contribution in [2.75, 3.05) is 18.5 Å². The lowest BCUT2D eigenvalue weighted by Crippen LogP contribution is -2.47. The summed E-state index contributed by atoms with van der Waals surface area (Å²) in [6, 6.07) is 0.462. The Bertz CT molecular complexity index is 561. The Morgan fingerprint density at radius 3 is 2.84 bits per heavy atom. The molecule has 2 aliphatic rings. The molecular formula is C13H17N5O. The molecule has 19 heavy (non-hydrogen) atoms. The van der Waals surface area contributed by atoms with Crippen molar-refractivity contribution in [2.24, 2.45) is 11.8 Å². The van der Waals surface area contributed by atoms with E-state index >= 15 is 0 Å². The van der Waals surface area contributed by atoms with Crippen LogP contribution in [-0.4, -0.2) is 39.2 Å². The number of hydrogen-bond donors (Lipinski definition) is 2. The molecule has 2 atom stereocenters. The van der Waals surface area contributed by atoms with Crippen molar-refractivity contribution in [2.45, 2.75) is 25.3 Å². The summed E-state index contributed by atoms with van der Waals surface area (Å²) in [4.78, 5) is 15.8. The molecule has 2 unspecified atom stereocenters. The molecule has 0 radical (unpaired) electrons. The van der Waals surface area contributed by atoms with Crippen molar-refractivity contribution in [3.8, 4) is 0 Å². The van der Waals surface area contributed by atoms with Gasteiger partial charge in [0.1, 0.15) is 11.8 Å². The van der Waals surface area contributed by atoms with Crippen molar-refractivity contribution in [1.82, 2.24) is 19.9 Å². The maximum absolute atomic E-state index is 5.68. The number of nitrogens with one attached hydrogen (secondary N) is 2. The Labute approximate surface area is 111 Å². The summed E-state index contributed by atoms with van der Waals surface area (Å²) in [6.45, 7) is 1.73. The summed E-state index contributed by atoms with van der Waals surface area (Å²) in [5, 5.41) is 3.61. The molecule has 0 spiro atoms. The Balaban J connectivity index is 1.65. The van der Waals surface area contributed by atoms with Crippen LogP contribution in [0.5, 0.6) is 0 Å². The first-order chi connectivity index (χ1) is 9.42. The lowest BCUT2D eigenvalue weighted by molar-refractivity contribution is -0.0192. The average Bonchev–Trinajstić information content (AvgIpc) is 2.88. The number of rotatable bonds is 2. The Hall–Kier alpha value is -1.69. The molecule has 2 N–H and O–H groups in total. The van der Waals surface area contributed by atoms with Gasteiger partial charge in [-0.2, -0.15) is 0 Å². The minimum Gasteiger partial charge on any atom is -0.381 e. The number of imidazole rings is 1. The second-order valence-electron chi connectivity index (χ2n) is 5.48. The Kier molecular flexibility index (Phi) is 2.61. The fourth-order valence-electron chi connectivity index (χ4n) is 3.40. The first-order valence-corrected chi connectivity index (χ1v) is 6.90. The number of hydrogen-bond acceptors (Lipinski definition) is 5. The van der Waals surface area contributed by atoms with Crippen LogP contribution >= 0.6 is 0 Å². The summed E-state index contributed by atoms with van der Waals surface area (Å²) in [7, 11) is 0. The molecular weight excluding hydrogens is 242 g/mol. The molecule has 2 aromatic heterocycles. The summed E-state index contributed by atoms with van der Waals surface area (Å²) in [5.41, 5.74) is 1.61. The third kappa shape index (κ3) is 1.87. The standard InChI is InChI=1S/C13H17N5O/c1-2-8-4-19-5-9(3-1)10(8)18-13-11-12(15-6-14-11)16-7-17-13/h6-10H,1-5H2,(H2,14,15,16,17,18). The minimum atomic E-state index is 0.462. The van der Waals surface area contributed by atoms with E-state index in [0.29, 0.717) is 17.9 Å². The van der Waals surface area contributed by atoms with Gasteiger partial charge in [-0.25, -0.2) is 15.0 Å². The largest absolute Gasteiger partial charge is 0.381 e. The summed E-state index contributed by atoms with van der Waals surface area (Å²) >= 11 is 0. The van der Waals surface area contributed by atoms with Crippen LogP contribution in [0.25, 0.3) is 11.2 Å². The zero-order valence-electron chi connectivity index (χ0n) is 10.7. The number of fused-ring (bicyclic) bond motifs is 3. The fraction of sp³-hybridized carbons (Fsp3) is 0.615. The molecule has 6 heteroatoms. The molecule has 6 nitrogen and oxygen atoms in total. The van der Waals surface area contributed by atoms with E-state index in [2.05, 4.69) is 25.3 Å². The van der Waals surface area contributed by atoms with Crippen LogP contribution in [0.15, 0.2) is 12.7 Å². The molecule has 0 aromatic carbocycles. The third-order valence-electron chi connectivity index (χ3n) is 4.36. The molecule has 4 rings (SSSR count). The van der Waals surface area contributed by atoms with Gasteiger partial charge in [0.05, 0.1) is 19.5 Å². The monoisotopic (exact) mass is 259 g/mol. The lowest BCUT2D eigenvalue weighted by Gasteiger charge is -2.42. The predicted octanol–water partition coefficient (Wildman–Crippen LogP) is 1.58. The number of anilines is 1. The minimum absolute atomic E-state index is 0.462. The second-order valence-corrected chi connectivity index (χ2v) is 5.48. The summed E-state index contributed by atoms with van der Waals surface area (Å²) < 4.78 is 5.68. The number of aromatic amines is 1. The molecule has 2 fully saturated rings. The van der Waals surface area contributed by atoms with Gasteiger partial charge in [0.25, 0.3) is 0 Å². The van der Waals surface area contributed by atoms with Gasteiger partial charge in [0, 0.05) is 17.9 Å². The normalized spacial score (nSPS) is 30.4. The number of nitrogens with zero attached hydrogens (tertiary/aromatic N) is 3. The van der Waals surface area contributed by atoms with Crippen LogP contribution in [0.1, 0.15) is 19.3 Å². The molecule has 1 aliphatic heterocycles. The van der Waals surface area contributed by atoms with E-state index in [0.717, 1.165) is 30.2 Å². The van der Waals surface area contributed by atoms with Gasteiger partial charge in [-0.05, 0) is 12.8 Å². The van der Waals surface area contributed by atoms with E-state index < -0.39 is 0 Å². The molecule has 3 heterocycles. The topological polar surface area (TPSA) is 75.7 Å². The maximum Gasteiger partial charge on any atom is 0.182 e. The van der Waals surface area contributed by atoms with Crippen molar-refractivity contribution in [1.29, 1.82) is 0 Å². The van der Waals surface area contributed by atoms with E-state index in [9.17, 15) is 0 Å². The van der Waals surface area contributed by atoms with Gasteiger partial charge < -0.3 is 15.0 Å². The van der Waals surface area contributed by atoms with E-state index in [4.69, 9.17) is 4.74 Å². The molecule has 1 aliphatic carbocycles. The molecule has 1 saturated carbocycles. The zero-order chi connectivity index (χ0) is 12.7. The van der Waals surface area contributed by atoms with Crippen LogP contribution in [-0.2, 0) is 4.74 Å². The molecule has 1 saturated heterocycles. The highest BCUT2D eigenvalue weighted by Gasteiger charge is 2.37. The number of ether oxygens (including phenoxy) is 1. The highest BCUT2D eigenvalue weighted by Crippen LogP contribution is 2.35. The zero-order valence-corrected chi connectivity index (χ0v) is 10.7. The maximum atomic E-state index is 5.68. The first kappa shape index (κ1) is 11.2. The molecule has 2 bridgehead atoms. The van der Waals surface area contributed by atoms with Gasteiger partial charge in [-0.3, -0.25) is 0 Å². The van der Waals surface area contributed by atoms with Crippen molar-refractivity contribution < 1.29 is 4.74 Å². The second kappa shape index (κ2) is 4.45. The summed E-state index contributed by atoms with van der Waals surface area (Å²) in [5.74, 6) is 2.06. The smallest absolute Gasteiger partial charge is 0.182 e. The van der Waals surface area contributed by atoms with Crippen LogP contribution in [0.3, 0.4) is 0 Å². The quantitative estimate of drug-likeness (QED) is 0.856. The van der Waals surface area contributed by atoms with Crippen molar-refractivity contribution in [3.63, 3.8) is 0 Å².